The predicted octanol–water partition coefficient (Wildman–Crippen LogP) is 2.42. The number of esters is 1. The maximum atomic E-state index is 11.2. The average Bonchev–Trinajstić information content (AvgIpc) is 2.14. The maximum Gasteiger partial charge on any atom is 0.307 e. The van der Waals surface area contributed by atoms with E-state index in [1.807, 2.05) is 27.7 Å². The van der Waals surface area contributed by atoms with Crippen molar-refractivity contribution in [2.45, 2.75) is 40.2 Å². The Morgan fingerprint density at radius 2 is 1.82 bits per heavy atom. The number of hydrogen-bond acceptors (Lipinski definition) is 4. The van der Waals surface area contributed by atoms with Gasteiger partial charge in [0.1, 0.15) is 0 Å². The largest absolute Gasteiger partial charge is 0.481 e. The van der Waals surface area contributed by atoms with Crippen molar-refractivity contribution in [3.05, 3.63) is 0 Å². The summed E-state index contributed by atoms with van der Waals surface area (Å²) in [7, 11) is 0. The van der Waals surface area contributed by atoms with Gasteiger partial charge in [-0.25, -0.2) is 0 Å². The fourth-order valence-corrected chi connectivity index (χ4v) is 2.50. The van der Waals surface area contributed by atoms with Crippen molar-refractivity contribution < 1.29 is 19.4 Å². The molecule has 0 aliphatic carbocycles. The number of rotatable bonds is 8. The standard InChI is InChI=1S/C12H22O4S/c1-8(2)10(12(14)15)7-17-6-5-11(13)16-9(3)4/h8-10H,5-7H2,1-4H3,(H,14,15). The summed E-state index contributed by atoms with van der Waals surface area (Å²) < 4.78 is 4.98. The van der Waals surface area contributed by atoms with Crippen molar-refractivity contribution in [2.24, 2.45) is 11.8 Å². The second-order valence-corrected chi connectivity index (χ2v) is 5.70. The second-order valence-electron chi connectivity index (χ2n) is 4.55. The highest BCUT2D eigenvalue weighted by molar-refractivity contribution is 7.99. The van der Waals surface area contributed by atoms with E-state index in [4.69, 9.17) is 9.84 Å². The molecular formula is C12H22O4S. The van der Waals surface area contributed by atoms with Gasteiger partial charge in [0.05, 0.1) is 18.4 Å². The molecule has 1 N–H and O–H groups in total. The number of carboxylic acids is 1. The molecule has 0 aliphatic rings. The van der Waals surface area contributed by atoms with Crippen LogP contribution in [0.5, 0.6) is 0 Å². The molecule has 0 radical (unpaired) electrons. The van der Waals surface area contributed by atoms with Crippen LogP contribution >= 0.6 is 11.8 Å². The molecule has 0 saturated heterocycles. The summed E-state index contributed by atoms with van der Waals surface area (Å²) in [6.45, 7) is 7.41. The van der Waals surface area contributed by atoms with Crippen molar-refractivity contribution in [1.29, 1.82) is 0 Å². The van der Waals surface area contributed by atoms with Gasteiger partial charge in [-0.1, -0.05) is 13.8 Å². The number of carbonyl (C=O) groups is 2. The van der Waals surface area contributed by atoms with Crippen molar-refractivity contribution >= 4 is 23.7 Å². The zero-order valence-electron chi connectivity index (χ0n) is 10.9. The van der Waals surface area contributed by atoms with Gasteiger partial charge in [0.25, 0.3) is 0 Å². The first kappa shape index (κ1) is 16.3. The van der Waals surface area contributed by atoms with Crippen LogP contribution in [0.2, 0.25) is 0 Å². The Bertz CT molecular complexity index is 251. The Kier molecular flexibility index (Phi) is 8.04. The highest BCUT2D eigenvalue weighted by Gasteiger charge is 2.21. The van der Waals surface area contributed by atoms with Crippen LogP contribution in [-0.2, 0) is 14.3 Å². The van der Waals surface area contributed by atoms with Crippen molar-refractivity contribution in [3.8, 4) is 0 Å². The number of thioether (sulfide) groups is 1. The van der Waals surface area contributed by atoms with E-state index in [0.717, 1.165) is 0 Å². The van der Waals surface area contributed by atoms with Crippen LogP contribution in [0.25, 0.3) is 0 Å². The third-order valence-corrected chi connectivity index (χ3v) is 3.32. The first-order valence-corrected chi connectivity index (χ1v) is 7.00. The summed E-state index contributed by atoms with van der Waals surface area (Å²) in [4.78, 5) is 22.1. The molecule has 0 heterocycles. The van der Waals surface area contributed by atoms with Gasteiger partial charge in [-0.05, 0) is 19.8 Å². The van der Waals surface area contributed by atoms with E-state index >= 15 is 0 Å². The highest BCUT2D eigenvalue weighted by atomic mass is 32.2. The second kappa shape index (κ2) is 8.39. The molecule has 0 aromatic heterocycles. The Balaban J connectivity index is 3.76. The third kappa shape index (κ3) is 8.07. The number of hydrogen-bond donors (Lipinski definition) is 1. The summed E-state index contributed by atoms with van der Waals surface area (Å²) >= 11 is 1.49. The molecule has 0 bridgehead atoms. The lowest BCUT2D eigenvalue weighted by Gasteiger charge is -2.15. The van der Waals surface area contributed by atoms with Gasteiger partial charge in [0, 0.05) is 11.5 Å². The average molecular weight is 262 g/mol. The quantitative estimate of drug-likeness (QED) is 0.537. The Morgan fingerprint density at radius 1 is 1.24 bits per heavy atom. The first-order valence-electron chi connectivity index (χ1n) is 5.84. The lowest BCUT2D eigenvalue weighted by Crippen LogP contribution is -2.22. The third-order valence-electron chi connectivity index (χ3n) is 2.24. The monoisotopic (exact) mass is 262 g/mol. The van der Waals surface area contributed by atoms with E-state index in [0.29, 0.717) is 17.9 Å². The molecule has 0 aromatic carbocycles. The van der Waals surface area contributed by atoms with E-state index < -0.39 is 5.97 Å². The van der Waals surface area contributed by atoms with Crippen LogP contribution < -0.4 is 0 Å². The molecule has 1 atom stereocenters. The minimum atomic E-state index is -0.766. The molecule has 0 spiro atoms. The van der Waals surface area contributed by atoms with Gasteiger partial charge < -0.3 is 9.84 Å². The number of carboxylic acid groups (broad SMARTS) is 1. The number of ether oxygens (including phenoxy) is 1. The molecule has 17 heavy (non-hydrogen) atoms. The zero-order chi connectivity index (χ0) is 13.4. The van der Waals surface area contributed by atoms with Crippen LogP contribution in [0, 0.1) is 11.8 Å². The SMILES string of the molecule is CC(C)OC(=O)CCSCC(C(=O)O)C(C)C. The summed E-state index contributed by atoms with van der Waals surface area (Å²) in [6.07, 6.45) is 0.253. The van der Waals surface area contributed by atoms with E-state index in [-0.39, 0.29) is 23.9 Å². The fraction of sp³-hybridized carbons (Fsp3) is 0.833. The normalized spacial score (nSPS) is 12.8. The van der Waals surface area contributed by atoms with Crippen LogP contribution in [0.3, 0.4) is 0 Å². The number of carbonyl (C=O) groups excluding carboxylic acids is 1. The summed E-state index contributed by atoms with van der Waals surface area (Å²) in [5.41, 5.74) is 0. The van der Waals surface area contributed by atoms with Crippen LogP contribution in [-0.4, -0.2) is 34.7 Å². The van der Waals surface area contributed by atoms with Gasteiger partial charge >= 0.3 is 11.9 Å². The minimum absolute atomic E-state index is 0.0880. The Labute approximate surface area is 107 Å². The van der Waals surface area contributed by atoms with Crippen LogP contribution in [0.1, 0.15) is 34.1 Å². The van der Waals surface area contributed by atoms with E-state index in [9.17, 15) is 9.59 Å². The molecule has 0 amide bonds. The number of aliphatic carboxylic acids is 1. The molecule has 4 nitrogen and oxygen atoms in total. The van der Waals surface area contributed by atoms with Gasteiger partial charge in [-0.15, -0.1) is 0 Å². The molecule has 0 saturated carbocycles. The van der Waals surface area contributed by atoms with E-state index in [2.05, 4.69) is 0 Å². The van der Waals surface area contributed by atoms with Crippen molar-refractivity contribution in [1.82, 2.24) is 0 Å². The first-order chi connectivity index (χ1) is 7.84. The predicted molar refractivity (Wildman–Crippen MR) is 69.1 cm³/mol. The summed E-state index contributed by atoms with van der Waals surface area (Å²) in [6, 6.07) is 0. The van der Waals surface area contributed by atoms with Gasteiger partial charge in [0.2, 0.25) is 0 Å². The van der Waals surface area contributed by atoms with Crippen molar-refractivity contribution in [2.75, 3.05) is 11.5 Å². The molecular weight excluding hydrogens is 240 g/mol. The molecule has 0 fully saturated rings. The lowest BCUT2D eigenvalue weighted by atomic mass is 9.98. The van der Waals surface area contributed by atoms with Gasteiger partial charge in [0.15, 0.2) is 0 Å². The van der Waals surface area contributed by atoms with Crippen molar-refractivity contribution in [3.63, 3.8) is 0 Å². The molecule has 5 heteroatoms. The fourth-order valence-electron chi connectivity index (χ4n) is 1.24. The van der Waals surface area contributed by atoms with Crippen LogP contribution in [0.15, 0.2) is 0 Å². The van der Waals surface area contributed by atoms with Gasteiger partial charge in [-0.3, -0.25) is 9.59 Å². The smallest absolute Gasteiger partial charge is 0.307 e. The lowest BCUT2D eigenvalue weighted by molar-refractivity contribution is -0.146. The van der Waals surface area contributed by atoms with Gasteiger partial charge in [-0.2, -0.15) is 11.8 Å². The zero-order valence-corrected chi connectivity index (χ0v) is 11.8. The van der Waals surface area contributed by atoms with E-state index in [1.54, 1.807) is 0 Å². The molecule has 1 unspecified atom stereocenters. The highest BCUT2D eigenvalue weighted by Crippen LogP contribution is 2.18. The summed E-state index contributed by atoms with van der Waals surface area (Å²) in [5.74, 6) is -0.0609. The topological polar surface area (TPSA) is 63.6 Å². The maximum absolute atomic E-state index is 11.2. The van der Waals surface area contributed by atoms with Crippen LogP contribution in [0.4, 0.5) is 0 Å². The molecule has 100 valence electrons. The van der Waals surface area contributed by atoms with E-state index in [1.165, 1.54) is 11.8 Å². The molecule has 0 rings (SSSR count). The molecule has 0 aromatic rings. The Morgan fingerprint density at radius 3 is 2.24 bits per heavy atom. The summed E-state index contributed by atoms with van der Waals surface area (Å²) in [5, 5.41) is 8.97. The Hall–Kier alpha value is -0.710. The molecule has 0 aliphatic heterocycles. The minimum Gasteiger partial charge on any atom is -0.481 e.